The highest BCUT2D eigenvalue weighted by atomic mass is 16.4. The first kappa shape index (κ1) is 14.6. The highest BCUT2D eigenvalue weighted by Gasteiger charge is 2.37. The Morgan fingerprint density at radius 2 is 1.80 bits per heavy atom. The molecule has 1 saturated heterocycles. The van der Waals surface area contributed by atoms with Crippen LogP contribution in [0.15, 0.2) is 30.3 Å². The van der Waals surface area contributed by atoms with Gasteiger partial charge in [0.1, 0.15) is 0 Å². The first-order chi connectivity index (χ1) is 9.51. The van der Waals surface area contributed by atoms with Gasteiger partial charge in [-0.15, -0.1) is 0 Å². The summed E-state index contributed by atoms with van der Waals surface area (Å²) in [5.41, 5.74) is 0.490. The number of carboxylic acids is 1. The fraction of sp³-hybridized carbons (Fsp3) is 0.500. The molecule has 1 N–H and O–H groups in total. The number of rotatable bonds is 4. The molecule has 1 aromatic carbocycles. The molecule has 0 atom stereocenters. The van der Waals surface area contributed by atoms with Gasteiger partial charge in [0.25, 0.3) is 0 Å². The van der Waals surface area contributed by atoms with Gasteiger partial charge in [0.05, 0.1) is 5.41 Å². The first-order valence-corrected chi connectivity index (χ1v) is 7.06. The smallest absolute Gasteiger partial charge is 0.309 e. The topological polar surface area (TPSA) is 57.6 Å². The summed E-state index contributed by atoms with van der Waals surface area (Å²) in [7, 11) is 0. The molecule has 1 aromatic rings. The van der Waals surface area contributed by atoms with E-state index in [1.54, 1.807) is 11.8 Å². The molecule has 0 radical (unpaired) electrons. The number of piperidine rings is 1. The predicted molar refractivity (Wildman–Crippen MR) is 76.3 cm³/mol. The van der Waals surface area contributed by atoms with Crippen molar-refractivity contribution in [1.82, 2.24) is 4.90 Å². The summed E-state index contributed by atoms with van der Waals surface area (Å²) in [5.74, 6) is -0.629. The molecule has 1 aliphatic rings. The van der Waals surface area contributed by atoms with Crippen molar-refractivity contribution in [2.45, 2.75) is 32.6 Å². The van der Waals surface area contributed by atoms with Crippen LogP contribution in [-0.4, -0.2) is 35.0 Å². The van der Waals surface area contributed by atoms with E-state index in [1.165, 1.54) is 0 Å². The molecule has 108 valence electrons. The van der Waals surface area contributed by atoms with Gasteiger partial charge in [0.2, 0.25) is 5.91 Å². The Kier molecular flexibility index (Phi) is 4.42. The van der Waals surface area contributed by atoms with Crippen LogP contribution >= 0.6 is 0 Å². The standard InChI is InChI=1S/C16H21NO3/c1-16(15(19)20)9-11-17(12-10-16)14(18)8-7-13-5-3-2-4-6-13/h2-6H,7-12H2,1H3,(H,19,20). The van der Waals surface area contributed by atoms with Crippen molar-refractivity contribution in [2.24, 2.45) is 5.41 Å². The van der Waals surface area contributed by atoms with Crippen molar-refractivity contribution in [1.29, 1.82) is 0 Å². The van der Waals surface area contributed by atoms with Gasteiger partial charge >= 0.3 is 5.97 Å². The van der Waals surface area contributed by atoms with Crippen LogP contribution in [0.2, 0.25) is 0 Å². The summed E-state index contributed by atoms with van der Waals surface area (Å²) in [6.07, 6.45) is 2.32. The van der Waals surface area contributed by atoms with Crippen molar-refractivity contribution in [3.63, 3.8) is 0 Å². The lowest BCUT2D eigenvalue weighted by Crippen LogP contribution is -2.45. The zero-order valence-corrected chi connectivity index (χ0v) is 11.8. The minimum absolute atomic E-state index is 0.126. The number of hydrogen-bond acceptors (Lipinski definition) is 2. The third-order valence-electron chi connectivity index (χ3n) is 4.21. The van der Waals surface area contributed by atoms with Gasteiger partial charge in [-0.2, -0.15) is 0 Å². The Labute approximate surface area is 119 Å². The summed E-state index contributed by atoms with van der Waals surface area (Å²) in [6.45, 7) is 2.87. The second-order valence-corrected chi connectivity index (χ2v) is 5.73. The average Bonchev–Trinajstić information content (AvgIpc) is 2.46. The van der Waals surface area contributed by atoms with E-state index >= 15 is 0 Å². The van der Waals surface area contributed by atoms with E-state index in [0.717, 1.165) is 12.0 Å². The number of carbonyl (C=O) groups is 2. The number of benzene rings is 1. The highest BCUT2D eigenvalue weighted by molar-refractivity contribution is 5.78. The molecule has 1 fully saturated rings. The van der Waals surface area contributed by atoms with E-state index < -0.39 is 11.4 Å². The molecule has 4 nitrogen and oxygen atoms in total. The lowest BCUT2D eigenvalue weighted by atomic mass is 9.80. The summed E-state index contributed by atoms with van der Waals surface area (Å²) < 4.78 is 0. The molecule has 0 spiro atoms. The van der Waals surface area contributed by atoms with Crippen molar-refractivity contribution < 1.29 is 14.7 Å². The van der Waals surface area contributed by atoms with E-state index in [1.807, 2.05) is 30.3 Å². The summed E-state index contributed by atoms with van der Waals surface area (Å²) in [5, 5.41) is 9.17. The fourth-order valence-electron chi connectivity index (χ4n) is 2.52. The number of aliphatic carboxylic acids is 1. The predicted octanol–water partition coefficient (Wildman–Crippen LogP) is 2.33. The van der Waals surface area contributed by atoms with E-state index in [-0.39, 0.29) is 5.91 Å². The van der Waals surface area contributed by atoms with E-state index in [0.29, 0.717) is 32.4 Å². The zero-order chi connectivity index (χ0) is 14.6. The third-order valence-corrected chi connectivity index (χ3v) is 4.21. The molecular formula is C16H21NO3. The van der Waals surface area contributed by atoms with Gasteiger partial charge in [-0.1, -0.05) is 30.3 Å². The average molecular weight is 275 g/mol. The molecular weight excluding hydrogens is 254 g/mol. The monoisotopic (exact) mass is 275 g/mol. The van der Waals surface area contributed by atoms with Crippen LogP contribution in [0.5, 0.6) is 0 Å². The Morgan fingerprint density at radius 3 is 2.35 bits per heavy atom. The molecule has 1 aliphatic heterocycles. The minimum atomic E-state index is -0.756. The van der Waals surface area contributed by atoms with Gasteiger partial charge < -0.3 is 10.0 Å². The van der Waals surface area contributed by atoms with Crippen molar-refractivity contribution >= 4 is 11.9 Å². The molecule has 2 rings (SSSR count). The molecule has 1 heterocycles. The molecule has 0 saturated carbocycles. The largest absolute Gasteiger partial charge is 0.481 e. The van der Waals surface area contributed by atoms with Crippen LogP contribution in [0.1, 0.15) is 31.7 Å². The quantitative estimate of drug-likeness (QED) is 0.917. The van der Waals surface area contributed by atoms with Crippen molar-refractivity contribution in [3.8, 4) is 0 Å². The molecule has 0 unspecified atom stereocenters. The number of nitrogens with zero attached hydrogens (tertiary/aromatic N) is 1. The molecule has 0 aromatic heterocycles. The van der Waals surface area contributed by atoms with Gasteiger partial charge in [-0.3, -0.25) is 9.59 Å². The third kappa shape index (κ3) is 3.38. The second kappa shape index (κ2) is 6.07. The minimum Gasteiger partial charge on any atom is -0.481 e. The van der Waals surface area contributed by atoms with Crippen LogP contribution in [0, 0.1) is 5.41 Å². The number of amides is 1. The van der Waals surface area contributed by atoms with Crippen LogP contribution in [0.4, 0.5) is 0 Å². The van der Waals surface area contributed by atoms with E-state index in [9.17, 15) is 14.7 Å². The number of carboxylic acid groups (broad SMARTS) is 1. The van der Waals surface area contributed by atoms with Crippen LogP contribution < -0.4 is 0 Å². The van der Waals surface area contributed by atoms with Gasteiger partial charge in [0, 0.05) is 19.5 Å². The molecule has 1 amide bonds. The lowest BCUT2D eigenvalue weighted by Gasteiger charge is -2.36. The van der Waals surface area contributed by atoms with Crippen molar-refractivity contribution in [3.05, 3.63) is 35.9 Å². The maximum atomic E-state index is 12.1. The number of carbonyl (C=O) groups excluding carboxylic acids is 1. The van der Waals surface area contributed by atoms with E-state index in [4.69, 9.17) is 0 Å². The van der Waals surface area contributed by atoms with E-state index in [2.05, 4.69) is 0 Å². The van der Waals surface area contributed by atoms with Gasteiger partial charge in [0.15, 0.2) is 0 Å². The Balaban J connectivity index is 1.82. The highest BCUT2D eigenvalue weighted by Crippen LogP contribution is 2.31. The summed E-state index contributed by atoms with van der Waals surface area (Å²) >= 11 is 0. The van der Waals surface area contributed by atoms with Crippen LogP contribution in [-0.2, 0) is 16.0 Å². The van der Waals surface area contributed by atoms with Crippen molar-refractivity contribution in [2.75, 3.05) is 13.1 Å². The molecule has 4 heteroatoms. The fourth-order valence-corrected chi connectivity index (χ4v) is 2.52. The Morgan fingerprint density at radius 1 is 1.20 bits per heavy atom. The van der Waals surface area contributed by atoms with Crippen LogP contribution in [0.3, 0.4) is 0 Å². The van der Waals surface area contributed by atoms with Gasteiger partial charge in [-0.05, 0) is 31.7 Å². The normalized spacial score (nSPS) is 17.8. The SMILES string of the molecule is CC1(C(=O)O)CCN(C(=O)CCc2ccccc2)CC1. The van der Waals surface area contributed by atoms with Crippen LogP contribution in [0.25, 0.3) is 0 Å². The molecule has 20 heavy (non-hydrogen) atoms. The molecule has 0 aliphatic carbocycles. The van der Waals surface area contributed by atoms with Gasteiger partial charge in [-0.25, -0.2) is 0 Å². The Bertz CT molecular complexity index is 476. The maximum absolute atomic E-state index is 12.1. The first-order valence-electron chi connectivity index (χ1n) is 7.06. The summed E-state index contributed by atoms with van der Waals surface area (Å²) in [6, 6.07) is 9.94. The number of likely N-dealkylation sites (tertiary alicyclic amines) is 1. The lowest BCUT2D eigenvalue weighted by molar-refractivity contribution is -0.153. The molecule has 0 bridgehead atoms. The maximum Gasteiger partial charge on any atom is 0.309 e. The summed E-state index contributed by atoms with van der Waals surface area (Å²) in [4.78, 5) is 25.1. The number of hydrogen-bond donors (Lipinski definition) is 1. The Hall–Kier alpha value is -1.84. The second-order valence-electron chi connectivity index (χ2n) is 5.73. The zero-order valence-electron chi connectivity index (χ0n) is 11.8. The number of aryl methyl sites for hydroxylation is 1.